The lowest BCUT2D eigenvalue weighted by atomic mass is 10.0. The topological polar surface area (TPSA) is 52.8 Å². The molecule has 17 heavy (non-hydrogen) atoms. The van der Waals surface area contributed by atoms with Gasteiger partial charge in [0.15, 0.2) is 0 Å². The molecule has 0 radical (unpaired) electrons. The maximum atomic E-state index is 9.21. The second-order valence-corrected chi connectivity index (χ2v) is 3.94. The minimum Gasteiger partial charge on any atom is -0.508 e. The minimum absolute atomic E-state index is 0.217. The first-order valence-corrected chi connectivity index (χ1v) is 5.35. The molecule has 0 aromatic heterocycles. The molecule has 0 saturated heterocycles. The van der Waals surface area contributed by atoms with E-state index in [1.807, 2.05) is 6.07 Å². The third kappa shape index (κ3) is 2.57. The first-order chi connectivity index (χ1) is 8.20. The summed E-state index contributed by atoms with van der Waals surface area (Å²) in [5, 5.41) is 21.1. The van der Waals surface area contributed by atoms with Gasteiger partial charge in [0.2, 0.25) is 0 Å². The Labute approximate surface area is 104 Å². The summed E-state index contributed by atoms with van der Waals surface area (Å²) in [6.45, 7) is 0. The molecule has 0 unspecified atom stereocenters. The van der Waals surface area contributed by atoms with Crippen molar-refractivity contribution >= 4 is 17.8 Å². The van der Waals surface area contributed by atoms with Crippen molar-refractivity contribution in [3.8, 4) is 16.9 Å². The van der Waals surface area contributed by atoms with E-state index in [0.717, 1.165) is 16.7 Å². The van der Waals surface area contributed by atoms with E-state index in [-0.39, 0.29) is 5.75 Å². The molecular weight excluding hydrogens is 238 g/mol. The zero-order valence-electron chi connectivity index (χ0n) is 8.84. The summed E-state index contributed by atoms with van der Waals surface area (Å²) in [6, 6.07) is 12.1. The van der Waals surface area contributed by atoms with Crippen molar-refractivity contribution in [1.29, 1.82) is 0 Å². The first kappa shape index (κ1) is 11.5. The normalized spacial score (nSPS) is 10.9. The second kappa shape index (κ2) is 4.89. The van der Waals surface area contributed by atoms with Crippen molar-refractivity contribution in [3.05, 3.63) is 53.1 Å². The van der Waals surface area contributed by atoms with Gasteiger partial charge in [-0.2, -0.15) is 0 Å². The molecule has 2 aromatic rings. The van der Waals surface area contributed by atoms with Crippen LogP contribution in [0.25, 0.3) is 11.1 Å². The standard InChI is InChI=1S/C13H10ClNO2/c14-13-7-9(8-15-17)1-6-12(13)10-2-4-11(16)5-3-10/h1-8,16-17H. The van der Waals surface area contributed by atoms with Gasteiger partial charge in [0.05, 0.1) is 6.21 Å². The fourth-order valence-electron chi connectivity index (χ4n) is 1.55. The molecule has 0 bridgehead atoms. The summed E-state index contributed by atoms with van der Waals surface area (Å²) in [5.74, 6) is 0.217. The van der Waals surface area contributed by atoms with Crippen LogP contribution in [0.15, 0.2) is 47.6 Å². The number of oxime groups is 1. The Hall–Kier alpha value is -2.00. The van der Waals surface area contributed by atoms with E-state index >= 15 is 0 Å². The quantitative estimate of drug-likeness (QED) is 0.485. The molecule has 4 heteroatoms. The van der Waals surface area contributed by atoms with Gasteiger partial charge in [0, 0.05) is 10.6 Å². The molecule has 0 saturated carbocycles. The smallest absolute Gasteiger partial charge is 0.115 e. The predicted octanol–water partition coefficient (Wildman–Crippen LogP) is 3.52. The highest BCUT2D eigenvalue weighted by atomic mass is 35.5. The molecule has 86 valence electrons. The average molecular weight is 248 g/mol. The summed E-state index contributed by atoms with van der Waals surface area (Å²) in [7, 11) is 0. The molecule has 2 aromatic carbocycles. The first-order valence-electron chi connectivity index (χ1n) is 4.97. The lowest BCUT2D eigenvalue weighted by Crippen LogP contribution is -1.84. The van der Waals surface area contributed by atoms with Crippen LogP contribution in [0.4, 0.5) is 0 Å². The Balaban J connectivity index is 2.43. The number of aromatic hydroxyl groups is 1. The number of hydrogen-bond acceptors (Lipinski definition) is 3. The molecule has 0 aliphatic carbocycles. The van der Waals surface area contributed by atoms with E-state index in [4.69, 9.17) is 16.8 Å². The van der Waals surface area contributed by atoms with E-state index in [1.165, 1.54) is 6.21 Å². The van der Waals surface area contributed by atoms with Crippen molar-refractivity contribution in [2.75, 3.05) is 0 Å². The SMILES string of the molecule is ON=Cc1ccc(-c2ccc(O)cc2)c(Cl)c1. The highest BCUT2D eigenvalue weighted by Gasteiger charge is 2.04. The average Bonchev–Trinajstić information content (AvgIpc) is 2.31. The summed E-state index contributed by atoms with van der Waals surface area (Å²) in [6.07, 6.45) is 1.31. The van der Waals surface area contributed by atoms with Crippen LogP contribution in [-0.4, -0.2) is 16.5 Å². The lowest BCUT2D eigenvalue weighted by Gasteiger charge is -2.05. The molecule has 2 N–H and O–H groups in total. The fourth-order valence-corrected chi connectivity index (χ4v) is 1.85. The van der Waals surface area contributed by atoms with Crippen LogP contribution in [0.1, 0.15) is 5.56 Å². The van der Waals surface area contributed by atoms with Crippen molar-refractivity contribution in [1.82, 2.24) is 0 Å². The minimum atomic E-state index is 0.217. The summed E-state index contributed by atoms with van der Waals surface area (Å²) >= 11 is 6.13. The van der Waals surface area contributed by atoms with E-state index < -0.39 is 0 Å². The molecule has 0 aliphatic heterocycles. The molecule has 0 atom stereocenters. The van der Waals surface area contributed by atoms with Gasteiger partial charge in [0.1, 0.15) is 5.75 Å². The van der Waals surface area contributed by atoms with Gasteiger partial charge >= 0.3 is 0 Å². The zero-order chi connectivity index (χ0) is 12.3. The number of halogens is 1. The number of phenols is 1. The molecule has 0 heterocycles. The fraction of sp³-hybridized carbons (Fsp3) is 0. The molecule has 0 fully saturated rings. The van der Waals surface area contributed by atoms with E-state index in [1.54, 1.807) is 36.4 Å². The Morgan fingerprint density at radius 3 is 2.35 bits per heavy atom. The van der Waals surface area contributed by atoms with Gasteiger partial charge in [-0.3, -0.25) is 0 Å². The molecule has 0 amide bonds. The zero-order valence-corrected chi connectivity index (χ0v) is 9.59. The van der Waals surface area contributed by atoms with Gasteiger partial charge in [0.25, 0.3) is 0 Å². The van der Waals surface area contributed by atoms with E-state index in [0.29, 0.717) is 5.02 Å². The highest BCUT2D eigenvalue weighted by molar-refractivity contribution is 6.33. The van der Waals surface area contributed by atoms with Gasteiger partial charge < -0.3 is 10.3 Å². The van der Waals surface area contributed by atoms with E-state index in [2.05, 4.69) is 5.16 Å². The lowest BCUT2D eigenvalue weighted by molar-refractivity contribution is 0.322. The van der Waals surface area contributed by atoms with Gasteiger partial charge in [-0.25, -0.2) is 0 Å². The second-order valence-electron chi connectivity index (χ2n) is 3.53. The third-order valence-electron chi connectivity index (χ3n) is 2.38. The molecule has 0 aliphatic rings. The number of phenolic OH excluding ortho intramolecular Hbond substituents is 1. The largest absolute Gasteiger partial charge is 0.508 e. The van der Waals surface area contributed by atoms with Crippen LogP contribution in [-0.2, 0) is 0 Å². The molecular formula is C13H10ClNO2. The van der Waals surface area contributed by atoms with Crippen LogP contribution < -0.4 is 0 Å². The maximum absolute atomic E-state index is 9.21. The summed E-state index contributed by atoms with van der Waals surface area (Å²) in [5.41, 5.74) is 2.50. The monoisotopic (exact) mass is 247 g/mol. The maximum Gasteiger partial charge on any atom is 0.115 e. The Morgan fingerprint density at radius 1 is 1.06 bits per heavy atom. The van der Waals surface area contributed by atoms with Gasteiger partial charge in [-0.05, 0) is 29.3 Å². The van der Waals surface area contributed by atoms with Gasteiger partial charge in [-0.15, -0.1) is 0 Å². The third-order valence-corrected chi connectivity index (χ3v) is 2.69. The summed E-state index contributed by atoms with van der Waals surface area (Å²) < 4.78 is 0. The number of nitrogens with zero attached hydrogens (tertiary/aromatic N) is 1. The van der Waals surface area contributed by atoms with Crippen molar-refractivity contribution in [2.45, 2.75) is 0 Å². The Kier molecular flexibility index (Phi) is 3.30. The van der Waals surface area contributed by atoms with E-state index in [9.17, 15) is 5.11 Å². The van der Waals surface area contributed by atoms with Crippen LogP contribution in [0, 0.1) is 0 Å². The van der Waals surface area contributed by atoms with Crippen LogP contribution in [0.2, 0.25) is 5.02 Å². The number of hydrogen-bond donors (Lipinski definition) is 2. The van der Waals surface area contributed by atoms with Crippen LogP contribution >= 0.6 is 11.6 Å². The Bertz CT molecular complexity index is 550. The molecule has 0 spiro atoms. The van der Waals surface area contributed by atoms with Crippen LogP contribution in [0.3, 0.4) is 0 Å². The highest BCUT2D eigenvalue weighted by Crippen LogP contribution is 2.29. The van der Waals surface area contributed by atoms with Crippen molar-refractivity contribution in [3.63, 3.8) is 0 Å². The number of benzene rings is 2. The van der Waals surface area contributed by atoms with Crippen LogP contribution in [0.5, 0.6) is 5.75 Å². The van der Waals surface area contributed by atoms with Crippen molar-refractivity contribution < 1.29 is 10.3 Å². The molecule has 3 nitrogen and oxygen atoms in total. The molecule has 2 rings (SSSR count). The Morgan fingerprint density at radius 2 is 1.76 bits per heavy atom. The van der Waals surface area contributed by atoms with Crippen molar-refractivity contribution in [2.24, 2.45) is 5.16 Å². The number of rotatable bonds is 2. The van der Waals surface area contributed by atoms with Gasteiger partial charge in [-0.1, -0.05) is 41.0 Å². The predicted molar refractivity (Wildman–Crippen MR) is 67.9 cm³/mol. The summed E-state index contributed by atoms with van der Waals surface area (Å²) in [4.78, 5) is 0.